The molecular formula is C21H22N4O5S2. The second kappa shape index (κ2) is 8.83. The third kappa shape index (κ3) is 4.73. The lowest BCUT2D eigenvalue weighted by molar-refractivity contribution is -0.120. The second-order valence-electron chi connectivity index (χ2n) is 7.24. The molecule has 0 spiro atoms. The lowest BCUT2D eigenvalue weighted by Gasteiger charge is -2.08. The van der Waals surface area contributed by atoms with E-state index >= 15 is 0 Å². The Hall–Kier alpha value is -3.05. The number of nitrogens with one attached hydrogen (secondary N) is 2. The van der Waals surface area contributed by atoms with Crippen LogP contribution in [-0.2, 0) is 14.6 Å². The molecule has 0 saturated heterocycles. The number of fused-ring (bicyclic) bond motifs is 1. The topological polar surface area (TPSA) is 123 Å². The summed E-state index contributed by atoms with van der Waals surface area (Å²) in [6.07, 6.45) is 2.81. The lowest BCUT2D eigenvalue weighted by Crippen LogP contribution is -2.22. The number of ether oxygens (including phenoxy) is 2. The first-order valence-electron chi connectivity index (χ1n) is 9.73. The molecule has 168 valence electrons. The smallest absolute Gasteiger partial charge is 0.220 e. The molecular weight excluding hydrogens is 452 g/mol. The van der Waals surface area contributed by atoms with E-state index in [1.54, 1.807) is 32.0 Å². The highest BCUT2D eigenvalue weighted by atomic mass is 32.2. The number of thioether (sulfide) groups is 1. The van der Waals surface area contributed by atoms with Gasteiger partial charge in [0.25, 0.3) is 0 Å². The zero-order chi connectivity index (χ0) is 22.9. The van der Waals surface area contributed by atoms with Crippen molar-refractivity contribution < 1.29 is 22.7 Å². The van der Waals surface area contributed by atoms with Crippen LogP contribution in [-0.4, -0.2) is 61.5 Å². The number of sulfone groups is 1. The zero-order valence-corrected chi connectivity index (χ0v) is 19.3. The molecule has 11 heteroatoms. The molecule has 4 rings (SSSR count). The molecule has 3 heterocycles. The minimum Gasteiger partial charge on any atom is -0.494 e. The van der Waals surface area contributed by atoms with E-state index in [1.165, 1.54) is 18.3 Å². The third-order valence-electron chi connectivity index (χ3n) is 4.88. The summed E-state index contributed by atoms with van der Waals surface area (Å²) in [5.74, 6) is 1.35. The van der Waals surface area contributed by atoms with Gasteiger partial charge in [-0.3, -0.25) is 9.79 Å². The van der Waals surface area contributed by atoms with Crippen LogP contribution in [0, 0.1) is 0 Å². The fourth-order valence-corrected chi connectivity index (χ4v) is 4.91. The summed E-state index contributed by atoms with van der Waals surface area (Å²) in [6.45, 7) is 0.587. The van der Waals surface area contributed by atoms with Crippen molar-refractivity contribution in [1.29, 1.82) is 0 Å². The van der Waals surface area contributed by atoms with Crippen molar-refractivity contribution in [2.75, 3.05) is 27.0 Å². The van der Waals surface area contributed by atoms with E-state index in [2.05, 4.69) is 20.3 Å². The van der Waals surface area contributed by atoms with E-state index in [-0.39, 0.29) is 21.9 Å². The molecule has 1 aliphatic heterocycles. The molecule has 0 radical (unpaired) electrons. The summed E-state index contributed by atoms with van der Waals surface area (Å²) in [4.78, 5) is 23.8. The number of benzene rings is 1. The molecule has 9 nitrogen and oxygen atoms in total. The molecule has 1 amide bonds. The SMILES string of the molecule is CNC(=O)CC1CN=C(c2cc3cc(Oc4ccc(S(C)(=O)=O)cn4)cc(OC)c3[nH]2)S1. The summed E-state index contributed by atoms with van der Waals surface area (Å²) < 4.78 is 34.5. The average molecular weight is 475 g/mol. The summed E-state index contributed by atoms with van der Waals surface area (Å²) in [5, 5.41) is 4.46. The maximum absolute atomic E-state index is 11.6. The van der Waals surface area contributed by atoms with Crippen molar-refractivity contribution in [1.82, 2.24) is 15.3 Å². The number of hydrogen-bond donors (Lipinski definition) is 2. The van der Waals surface area contributed by atoms with Crippen molar-refractivity contribution >= 4 is 43.5 Å². The van der Waals surface area contributed by atoms with Gasteiger partial charge in [-0.05, 0) is 18.2 Å². The Morgan fingerprint density at radius 2 is 2.12 bits per heavy atom. The number of aromatic amines is 1. The summed E-state index contributed by atoms with van der Waals surface area (Å²) >= 11 is 1.57. The zero-order valence-electron chi connectivity index (χ0n) is 17.7. The summed E-state index contributed by atoms with van der Waals surface area (Å²) in [5.41, 5.74) is 1.64. The van der Waals surface area contributed by atoms with Gasteiger partial charge in [-0.15, -0.1) is 0 Å². The van der Waals surface area contributed by atoms with Crippen molar-refractivity contribution in [3.63, 3.8) is 0 Å². The first-order chi connectivity index (χ1) is 15.3. The normalized spacial score (nSPS) is 16.1. The fraction of sp³-hybridized carbons (Fsp3) is 0.286. The van der Waals surface area contributed by atoms with Crippen molar-refractivity contribution in [2.45, 2.75) is 16.6 Å². The molecule has 32 heavy (non-hydrogen) atoms. The third-order valence-corrected chi connectivity index (χ3v) is 7.20. The number of nitrogens with zero attached hydrogens (tertiary/aromatic N) is 2. The Balaban J connectivity index is 1.57. The van der Waals surface area contributed by atoms with Crippen LogP contribution in [0.2, 0.25) is 0 Å². The Bertz CT molecular complexity index is 1300. The van der Waals surface area contributed by atoms with E-state index in [1.807, 2.05) is 12.1 Å². The molecule has 2 N–H and O–H groups in total. The van der Waals surface area contributed by atoms with Gasteiger partial charge in [-0.2, -0.15) is 0 Å². The minimum absolute atomic E-state index is 0.00256. The van der Waals surface area contributed by atoms with Crippen molar-refractivity contribution in [2.24, 2.45) is 4.99 Å². The van der Waals surface area contributed by atoms with Gasteiger partial charge in [0.15, 0.2) is 9.84 Å². The van der Waals surface area contributed by atoms with E-state index in [0.29, 0.717) is 24.5 Å². The lowest BCUT2D eigenvalue weighted by atomic mass is 10.2. The summed E-state index contributed by atoms with van der Waals surface area (Å²) in [7, 11) is -0.130. The van der Waals surface area contributed by atoms with Crippen molar-refractivity contribution in [3.8, 4) is 17.4 Å². The van der Waals surface area contributed by atoms with Gasteiger partial charge in [0, 0.05) is 48.7 Å². The van der Waals surface area contributed by atoms with Crippen LogP contribution in [0.4, 0.5) is 0 Å². The quantitative estimate of drug-likeness (QED) is 0.540. The predicted molar refractivity (Wildman–Crippen MR) is 124 cm³/mol. The summed E-state index contributed by atoms with van der Waals surface area (Å²) in [6, 6.07) is 8.48. The van der Waals surface area contributed by atoms with Gasteiger partial charge in [0.05, 0.1) is 29.8 Å². The molecule has 1 atom stereocenters. The largest absolute Gasteiger partial charge is 0.494 e. The number of aromatic nitrogens is 2. The van der Waals surface area contributed by atoms with Crippen molar-refractivity contribution in [3.05, 3.63) is 42.2 Å². The molecule has 1 aliphatic rings. The number of aliphatic imine (C=N–C) groups is 1. The van der Waals surface area contributed by atoms with Crippen LogP contribution in [0.5, 0.6) is 17.4 Å². The average Bonchev–Trinajstić information content (AvgIpc) is 3.39. The minimum atomic E-state index is -3.33. The van der Waals surface area contributed by atoms with Gasteiger partial charge >= 0.3 is 0 Å². The van der Waals surface area contributed by atoms with Crippen LogP contribution >= 0.6 is 11.8 Å². The Labute approximate surface area is 189 Å². The van der Waals surface area contributed by atoms with Crippen LogP contribution in [0.3, 0.4) is 0 Å². The molecule has 1 unspecified atom stereocenters. The number of carbonyl (C=O) groups excluding carboxylic acids is 1. The first kappa shape index (κ1) is 22.2. The van der Waals surface area contributed by atoms with E-state index in [0.717, 1.165) is 27.9 Å². The maximum Gasteiger partial charge on any atom is 0.220 e. The molecule has 0 saturated carbocycles. The Kier molecular flexibility index (Phi) is 6.11. The standard InChI is InChI=1S/C21H22N4O5S2/c1-22-18(26)9-14-10-24-21(31-14)16-7-12-6-13(8-17(29-2)20(12)25-16)30-19-5-4-15(11-23-19)32(3,27)28/h4-8,11,14,25H,9-10H2,1-3H3,(H,22,26). The molecule has 0 bridgehead atoms. The van der Waals surface area contributed by atoms with Crippen LogP contribution in [0.1, 0.15) is 12.1 Å². The van der Waals surface area contributed by atoms with E-state index in [9.17, 15) is 13.2 Å². The molecule has 3 aromatic rings. The molecule has 2 aromatic heterocycles. The van der Waals surface area contributed by atoms with Crippen LogP contribution < -0.4 is 14.8 Å². The number of carbonyl (C=O) groups is 1. The number of pyridine rings is 1. The number of rotatable bonds is 7. The number of methoxy groups -OCH3 is 1. The Morgan fingerprint density at radius 3 is 2.78 bits per heavy atom. The van der Waals surface area contributed by atoms with Crippen LogP contribution in [0.25, 0.3) is 10.9 Å². The highest BCUT2D eigenvalue weighted by molar-refractivity contribution is 8.15. The number of amides is 1. The van der Waals surface area contributed by atoms with Gasteiger partial charge in [-0.1, -0.05) is 11.8 Å². The highest BCUT2D eigenvalue weighted by Crippen LogP contribution is 2.35. The van der Waals surface area contributed by atoms with Gasteiger partial charge in [0.1, 0.15) is 16.5 Å². The van der Waals surface area contributed by atoms with E-state index < -0.39 is 9.84 Å². The molecule has 0 aliphatic carbocycles. The first-order valence-corrected chi connectivity index (χ1v) is 12.5. The van der Waals surface area contributed by atoms with Gasteiger partial charge in [0.2, 0.25) is 11.8 Å². The molecule has 0 fully saturated rings. The number of hydrogen-bond acceptors (Lipinski definition) is 8. The fourth-order valence-electron chi connectivity index (χ4n) is 3.27. The predicted octanol–water partition coefficient (Wildman–Crippen LogP) is 2.77. The maximum atomic E-state index is 11.6. The van der Waals surface area contributed by atoms with E-state index in [4.69, 9.17) is 9.47 Å². The van der Waals surface area contributed by atoms with Gasteiger partial charge < -0.3 is 19.8 Å². The van der Waals surface area contributed by atoms with Gasteiger partial charge in [-0.25, -0.2) is 13.4 Å². The van der Waals surface area contributed by atoms with Crippen LogP contribution in [0.15, 0.2) is 46.4 Å². The monoisotopic (exact) mass is 474 g/mol. The second-order valence-corrected chi connectivity index (χ2v) is 10.5. The number of H-pyrrole nitrogens is 1. The Morgan fingerprint density at radius 1 is 1.31 bits per heavy atom. The highest BCUT2D eigenvalue weighted by Gasteiger charge is 2.24. The molecule has 1 aromatic carbocycles.